The van der Waals surface area contributed by atoms with Crippen molar-refractivity contribution in [2.24, 2.45) is 0 Å². The van der Waals surface area contributed by atoms with Crippen LogP contribution in [0.5, 0.6) is 17.2 Å². The van der Waals surface area contributed by atoms with Crippen molar-refractivity contribution in [1.29, 1.82) is 0 Å². The second kappa shape index (κ2) is 12.9. The average Bonchev–Trinajstić information content (AvgIpc) is 3.25. The topological polar surface area (TPSA) is 75.6 Å². The second-order valence-electron chi connectivity index (χ2n) is 11.8. The Morgan fingerprint density at radius 1 is 0.805 bits per heavy atom. The van der Waals surface area contributed by atoms with E-state index >= 15 is 0 Å². The molecule has 1 aliphatic heterocycles. The number of benzene rings is 3. The van der Waals surface area contributed by atoms with Gasteiger partial charge in [-0.25, -0.2) is 0 Å². The van der Waals surface area contributed by atoms with Gasteiger partial charge < -0.3 is 15.2 Å². The number of amides is 1. The first-order chi connectivity index (χ1) is 19.9. The van der Waals surface area contributed by atoms with E-state index in [4.69, 9.17) is 4.74 Å². The van der Waals surface area contributed by atoms with Gasteiger partial charge in [0.1, 0.15) is 17.2 Å². The number of hydrogen-bond acceptors (Lipinski definition) is 4. The van der Waals surface area contributed by atoms with Gasteiger partial charge in [0.15, 0.2) is 5.78 Å². The molecule has 5 heteroatoms. The van der Waals surface area contributed by atoms with Gasteiger partial charge in [0.25, 0.3) is 5.91 Å². The molecule has 2 aliphatic rings. The molecule has 3 aromatic carbocycles. The predicted octanol–water partition coefficient (Wildman–Crippen LogP) is 8.77. The van der Waals surface area contributed by atoms with Gasteiger partial charge in [-0.05, 0) is 48.7 Å². The van der Waals surface area contributed by atoms with Gasteiger partial charge in [0.05, 0.1) is 5.41 Å². The molecule has 1 unspecified atom stereocenters. The number of carbonyl (C=O) groups excluding carboxylic acids is 2. The first kappa shape index (κ1) is 28.9. The third-order valence-electron chi connectivity index (χ3n) is 8.78. The number of phenolic OH excluding ortho intramolecular Hbond substituents is 1. The van der Waals surface area contributed by atoms with Crippen LogP contribution >= 0.6 is 0 Å². The minimum Gasteiger partial charge on any atom is -0.508 e. The normalized spacial score (nSPS) is 16.7. The molecule has 1 amide bonds. The monoisotopic (exact) mass is 553 g/mol. The summed E-state index contributed by atoms with van der Waals surface area (Å²) in [4.78, 5) is 26.6. The zero-order chi connectivity index (χ0) is 28.8. The molecule has 0 saturated carbocycles. The maximum Gasteiger partial charge on any atom is 0.251 e. The maximum atomic E-state index is 13.4. The molecule has 2 N–H and O–H groups in total. The average molecular weight is 554 g/mol. The molecule has 0 bridgehead atoms. The zero-order valence-corrected chi connectivity index (χ0v) is 24.6. The molecule has 216 valence electrons. The van der Waals surface area contributed by atoms with Crippen LogP contribution in [-0.2, 0) is 5.41 Å². The summed E-state index contributed by atoms with van der Waals surface area (Å²) in [5, 5.41) is 13.3. The molecule has 0 saturated heterocycles. The Bertz CT molecular complexity index is 1360. The van der Waals surface area contributed by atoms with Crippen LogP contribution in [0.1, 0.15) is 127 Å². The van der Waals surface area contributed by atoms with Crippen LogP contribution in [0.4, 0.5) is 0 Å². The number of ether oxygens (including phenoxy) is 1. The summed E-state index contributed by atoms with van der Waals surface area (Å²) in [5.74, 6) is 1.25. The first-order valence-electron chi connectivity index (χ1n) is 15.5. The highest BCUT2D eigenvalue weighted by molar-refractivity contribution is 6.06. The highest BCUT2D eigenvalue weighted by Gasteiger charge is 2.51. The van der Waals surface area contributed by atoms with Gasteiger partial charge in [0, 0.05) is 41.3 Å². The van der Waals surface area contributed by atoms with E-state index in [1.807, 2.05) is 37.3 Å². The van der Waals surface area contributed by atoms with Crippen molar-refractivity contribution in [3.05, 3.63) is 88.0 Å². The molecular formula is C36H43NO4. The summed E-state index contributed by atoms with van der Waals surface area (Å²) in [7, 11) is 0. The number of ketones is 1. The van der Waals surface area contributed by atoms with E-state index in [0.717, 1.165) is 35.1 Å². The fraction of sp³-hybridized carbons (Fsp3) is 0.444. The molecule has 1 heterocycles. The molecule has 41 heavy (non-hydrogen) atoms. The molecule has 0 aromatic heterocycles. The van der Waals surface area contributed by atoms with E-state index in [9.17, 15) is 14.7 Å². The molecule has 1 spiro atoms. The number of unbranched alkanes of at least 4 members (excludes halogenated alkanes) is 10. The van der Waals surface area contributed by atoms with Crippen LogP contribution in [0.25, 0.3) is 0 Å². The highest BCUT2D eigenvalue weighted by Crippen LogP contribution is 2.58. The number of fused-ring (bicyclic) bond motifs is 6. The Hall–Kier alpha value is -3.60. The lowest BCUT2D eigenvalue weighted by molar-refractivity contribution is 0.0950. The maximum absolute atomic E-state index is 13.4. The van der Waals surface area contributed by atoms with Crippen molar-refractivity contribution in [3.63, 3.8) is 0 Å². The third kappa shape index (κ3) is 6.05. The number of nitrogens with one attached hydrogen (secondary N) is 1. The molecule has 1 aliphatic carbocycles. The number of aromatic hydroxyl groups is 1. The smallest absolute Gasteiger partial charge is 0.251 e. The Morgan fingerprint density at radius 3 is 2.15 bits per heavy atom. The fourth-order valence-corrected chi connectivity index (χ4v) is 6.56. The predicted molar refractivity (Wildman–Crippen MR) is 163 cm³/mol. The van der Waals surface area contributed by atoms with Crippen LogP contribution in [0.3, 0.4) is 0 Å². The Labute approximate surface area is 244 Å². The lowest BCUT2D eigenvalue weighted by atomic mass is 9.68. The standard InChI is InChI=1S/C36H43NO4/c1-3-4-5-6-7-8-9-10-11-12-13-20-37-35(40)26-15-17-28-31(22-26)36(24-32(28)39)29-18-14-25(2)21-33(29)41-34-23-27(38)16-19-30(34)36/h14-19,21-23,38H,3-13,20,24H2,1-2H3,(H,37,40). The van der Waals surface area contributed by atoms with E-state index in [1.54, 1.807) is 24.3 Å². The Kier molecular flexibility index (Phi) is 9.12. The van der Waals surface area contributed by atoms with Crippen LogP contribution in [0.15, 0.2) is 54.6 Å². The number of carbonyl (C=O) groups is 2. The van der Waals surface area contributed by atoms with E-state index in [-0.39, 0.29) is 23.9 Å². The minimum absolute atomic E-state index is 0.0420. The summed E-state index contributed by atoms with van der Waals surface area (Å²) in [5.41, 5.74) is 4.03. The molecule has 1 atom stereocenters. The summed E-state index contributed by atoms with van der Waals surface area (Å²) < 4.78 is 6.23. The Balaban J connectivity index is 1.26. The van der Waals surface area contributed by atoms with Gasteiger partial charge in [-0.3, -0.25) is 9.59 Å². The van der Waals surface area contributed by atoms with Crippen molar-refractivity contribution in [2.75, 3.05) is 6.54 Å². The van der Waals surface area contributed by atoms with Crippen LogP contribution < -0.4 is 10.1 Å². The molecular weight excluding hydrogens is 510 g/mol. The van der Waals surface area contributed by atoms with Crippen LogP contribution in [0, 0.1) is 6.92 Å². The van der Waals surface area contributed by atoms with Crippen molar-refractivity contribution in [1.82, 2.24) is 5.32 Å². The highest BCUT2D eigenvalue weighted by atomic mass is 16.5. The number of phenols is 1. The van der Waals surface area contributed by atoms with E-state index in [2.05, 4.69) is 12.2 Å². The van der Waals surface area contributed by atoms with Crippen molar-refractivity contribution >= 4 is 11.7 Å². The van der Waals surface area contributed by atoms with Crippen molar-refractivity contribution in [2.45, 2.75) is 96.3 Å². The zero-order valence-electron chi connectivity index (χ0n) is 24.6. The third-order valence-corrected chi connectivity index (χ3v) is 8.78. The van der Waals surface area contributed by atoms with E-state index in [1.165, 1.54) is 57.8 Å². The largest absolute Gasteiger partial charge is 0.508 e. The lowest BCUT2D eigenvalue weighted by Crippen LogP contribution is -2.31. The molecule has 0 fully saturated rings. The molecule has 3 aromatic rings. The quantitative estimate of drug-likeness (QED) is 0.207. The summed E-state index contributed by atoms with van der Waals surface area (Å²) in [6.45, 7) is 4.90. The van der Waals surface area contributed by atoms with E-state index in [0.29, 0.717) is 29.2 Å². The summed E-state index contributed by atoms with van der Waals surface area (Å²) >= 11 is 0. The molecule has 0 radical (unpaired) electrons. The fourth-order valence-electron chi connectivity index (χ4n) is 6.56. The van der Waals surface area contributed by atoms with Gasteiger partial charge >= 0.3 is 0 Å². The SMILES string of the molecule is CCCCCCCCCCCCCNC(=O)c1ccc2c(c1)C1(CC2=O)c2ccc(C)cc2Oc2cc(O)ccc21. The summed E-state index contributed by atoms with van der Waals surface area (Å²) in [6.07, 6.45) is 14.2. The summed E-state index contributed by atoms with van der Waals surface area (Å²) in [6, 6.07) is 16.6. The van der Waals surface area contributed by atoms with Gasteiger partial charge in [-0.2, -0.15) is 0 Å². The van der Waals surface area contributed by atoms with Gasteiger partial charge in [0.2, 0.25) is 0 Å². The number of aryl methyl sites for hydroxylation is 1. The number of rotatable bonds is 13. The number of Topliss-reactive ketones (excluding diaryl/α,β-unsaturated/α-hetero) is 1. The Morgan fingerprint density at radius 2 is 1.44 bits per heavy atom. The van der Waals surface area contributed by atoms with Crippen molar-refractivity contribution < 1.29 is 19.4 Å². The van der Waals surface area contributed by atoms with Gasteiger partial charge in [-0.15, -0.1) is 0 Å². The minimum atomic E-state index is -0.775. The second-order valence-corrected chi connectivity index (χ2v) is 11.8. The lowest BCUT2D eigenvalue weighted by Gasteiger charge is -2.38. The van der Waals surface area contributed by atoms with E-state index < -0.39 is 5.41 Å². The van der Waals surface area contributed by atoms with Crippen molar-refractivity contribution in [3.8, 4) is 17.2 Å². The van der Waals surface area contributed by atoms with Crippen LogP contribution in [-0.4, -0.2) is 23.3 Å². The molecule has 5 nitrogen and oxygen atoms in total. The van der Waals surface area contributed by atoms with Gasteiger partial charge in [-0.1, -0.05) is 95.4 Å². The first-order valence-corrected chi connectivity index (χ1v) is 15.5. The molecule has 5 rings (SSSR count). The number of hydrogen-bond donors (Lipinski definition) is 2. The van der Waals surface area contributed by atoms with Crippen LogP contribution in [0.2, 0.25) is 0 Å².